The molecule has 8 heteroatoms. The highest BCUT2D eigenvalue weighted by molar-refractivity contribution is 6.42. The number of nitrogens with one attached hydrogen (secondary N) is 1. The molecule has 2 amide bonds. The van der Waals surface area contributed by atoms with Gasteiger partial charge in [0, 0.05) is 32.7 Å². The van der Waals surface area contributed by atoms with Crippen molar-refractivity contribution < 1.29 is 9.32 Å². The van der Waals surface area contributed by atoms with Crippen LogP contribution in [0.3, 0.4) is 0 Å². The van der Waals surface area contributed by atoms with Crippen LogP contribution in [0.5, 0.6) is 0 Å². The average molecular weight is 481 g/mol. The number of rotatable bonds is 4. The molecule has 0 bridgehead atoms. The summed E-state index contributed by atoms with van der Waals surface area (Å²) in [5.74, 6) is 0.456. The van der Waals surface area contributed by atoms with Gasteiger partial charge in [0.25, 0.3) is 0 Å². The number of halogens is 2. The van der Waals surface area contributed by atoms with Crippen LogP contribution in [-0.2, 0) is 6.54 Å². The van der Waals surface area contributed by atoms with Gasteiger partial charge in [-0.15, -0.1) is 0 Å². The zero-order chi connectivity index (χ0) is 22.8. The molecule has 0 aliphatic carbocycles. The maximum atomic E-state index is 12.7. The number of fused-ring (bicyclic) bond motifs is 1. The zero-order valence-corrected chi connectivity index (χ0v) is 19.3. The highest BCUT2D eigenvalue weighted by Gasteiger charge is 2.22. The first kappa shape index (κ1) is 21.8. The van der Waals surface area contributed by atoms with Gasteiger partial charge in [-0.25, -0.2) is 4.79 Å². The summed E-state index contributed by atoms with van der Waals surface area (Å²) in [6.45, 7) is 3.70. The van der Waals surface area contributed by atoms with Crippen LogP contribution in [0.25, 0.3) is 22.1 Å². The highest BCUT2D eigenvalue weighted by atomic mass is 35.5. The van der Waals surface area contributed by atoms with E-state index in [-0.39, 0.29) is 6.03 Å². The summed E-state index contributed by atoms with van der Waals surface area (Å²) in [4.78, 5) is 16.9. The first-order chi connectivity index (χ1) is 16.1. The van der Waals surface area contributed by atoms with Gasteiger partial charge in [-0.2, -0.15) is 0 Å². The number of carbonyl (C=O) groups is 1. The summed E-state index contributed by atoms with van der Waals surface area (Å²) in [5.41, 5.74) is 4.00. The molecule has 1 fully saturated rings. The van der Waals surface area contributed by atoms with E-state index in [4.69, 9.17) is 27.7 Å². The van der Waals surface area contributed by atoms with Crippen molar-refractivity contribution in [2.75, 3.05) is 31.5 Å². The molecule has 6 nitrogen and oxygen atoms in total. The number of hydrogen-bond donors (Lipinski definition) is 1. The zero-order valence-electron chi connectivity index (χ0n) is 17.8. The fraction of sp³-hybridized carbons (Fsp3) is 0.200. The van der Waals surface area contributed by atoms with Gasteiger partial charge >= 0.3 is 6.03 Å². The molecule has 2 heterocycles. The lowest BCUT2D eigenvalue weighted by Crippen LogP contribution is -2.49. The number of piperazine rings is 1. The Labute approximate surface area is 201 Å². The minimum atomic E-state index is -0.157. The van der Waals surface area contributed by atoms with Crippen molar-refractivity contribution in [3.63, 3.8) is 0 Å². The van der Waals surface area contributed by atoms with Crippen LogP contribution >= 0.6 is 23.2 Å². The lowest BCUT2D eigenvalue weighted by molar-refractivity contribution is 0.143. The Kier molecular flexibility index (Phi) is 6.22. The topological polar surface area (TPSA) is 61.6 Å². The Hall–Kier alpha value is -3.06. The molecule has 4 aromatic rings. The summed E-state index contributed by atoms with van der Waals surface area (Å²) in [7, 11) is 0. The fourth-order valence-electron chi connectivity index (χ4n) is 4.05. The van der Waals surface area contributed by atoms with E-state index in [1.54, 1.807) is 0 Å². The Morgan fingerprint density at radius 1 is 0.909 bits per heavy atom. The summed E-state index contributed by atoms with van der Waals surface area (Å²) < 4.78 is 5.27. The fourth-order valence-corrected chi connectivity index (χ4v) is 4.35. The number of para-hydroxylation sites is 1. The van der Waals surface area contributed by atoms with Crippen molar-refractivity contribution in [2.45, 2.75) is 6.54 Å². The molecule has 1 aliphatic heterocycles. The molecule has 3 aromatic carbocycles. The highest BCUT2D eigenvalue weighted by Crippen LogP contribution is 2.29. The van der Waals surface area contributed by atoms with Gasteiger partial charge < -0.3 is 9.42 Å². The summed E-state index contributed by atoms with van der Waals surface area (Å²) in [6.07, 6.45) is 0. The van der Waals surface area contributed by atoms with Crippen molar-refractivity contribution in [3.8, 4) is 11.1 Å². The Morgan fingerprint density at radius 2 is 1.70 bits per heavy atom. The molecule has 0 unspecified atom stereocenters. The number of carbonyl (C=O) groups excluding carboxylic acids is 1. The first-order valence-electron chi connectivity index (χ1n) is 10.7. The van der Waals surface area contributed by atoms with Gasteiger partial charge in [0.15, 0.2) is 11.4 Å². The van der Waals surface area contributed by atoms with E-state index < -0.39 is 0 Å². The van der Waals surface area contributed by atoms with E-state index >= 15 is 0 Å². The van der Waals surface area contributed by atoms with E-state index in [1.165, 1.54) is 5.56 Å². The number of aromatic nitrogens is 1. The molecule has 1 aliphatic rings. The third-order valence-corrected chi connectivity index (χ3v) is 6.59. The second-order valence-electron chi connectivity index (χ2n) is 8.05. The van der Waals surface area contributed by atoms with Crippen molar-refractivity contribution in [2.24, 2.45) is 0 Å². The summed E-state index contributed by atoms with van der Waals surface area (Å²) >= 11 is 12.2. The molecule has 0 saturated carbocycles. The number of benzene rings is 3. The molecular formula is C25H22Cl2N4O2. The van der Waals surface area contributed by atoms with E-state index in [1.807, 2.05) is 47.4 Å². The standard InChI is InChI=1S/C25H22Cl2N4O2/c26-21-9-8-19(15-22(21)27)18-5-3-4-17(14-18)16-30-10-12-31(13-11-30)25(32)28-24-20-6-1-2-7-23(20)33-29-24/h1-9,14-15H,10-13,16H2,(H,28,29,32). The maximum absolute atomic E-state index is 12.7. The summed E-state index contributed by atoms with van der Waals surface area (Å²) in [6, 6.07) is 21.4. The minimum Gasteiger partial charge on any atom is -0.354 e. The van der Waals surface area contributed by atoms with E-state index in [0.717, 1.165) is 36.1 Å². The quantitative estimate of drug-likeness (QED) is 0.380. The molecule has 1 N–H and O–H groups in total. The number of anilines is 1. The van der Waals surface area contributed by atoms with Crippen LogP contribution in [0.4, 0.5) is 10.6 Å². The smallest absolute Gasteiger partial charge is 0.323 e. The summed E-state index contributed by atoms with van der Waals surface area (Å²) in [5, 5.41) is 8.76. The van der Waals surface area contributed by atoms with E-state index in [2.05, 4.69) is 39.6 Å². The van der Waals surface area contributed by atoms with Crippen LogP contribution in [-0.4, -0.2) is 47.2 Å². The first-order valence-corrected chi connectivity index (χ1v) is 11.5. The van der Waals surface area contributed by atoms with Gasteiger partial charge in [0.1, 0.15) is 0 Å². The lowest BCUT2D eigenvalue weighted by atomic mass is 10.0. The van der Waals surface area contributed by atoms with Crippen molar-refractivity contribution in [1.82, 2.24) is 15.0 Å². The molecule has 5 rings (SSSR count). The van der Waals surface area contributed by atoms with Crippen LogP contribution in [0, 0.1) is 0 Å². The predicted octanol–water partition coefficient (Wildman–Crippen LogP) is 6.15. The van der Waals surface area contributed by atoms with Crippen molar-refractivity contribution >= 4 is 46.0 Å². The van der Waals surface area contributed by atoms with E-state index in [9.17, 15) is 4.79 Å². The Morgan fingerprint density at radius 3 is 2.52 bits per heavy atom. The third kappa shape index (κ3) is 4.83. The van der Waals surface area contributed by atoms with Crippen LogP contribution in [0.15, 0.2) is 71.3 Å². The number of hydrogen-bond acceptors (Lipinski definition) is 4. The third-order valence-electron chi connectivity index (χ3n) is 5.85. The number of amides is 2. The second-order valence-corrected chi connectivity index (χ2v) is 8.86. The molecule has 1 saturated heterocycles. The van der Waals surface area contributed by atoms with Gasteiger partial charge in [0.2, 0.25) is 0 Å². The second kappa shape index (κ2) is 9.43. The van der Waals surface area contributed by atoms with E-state index in [0.29, 0.717) is 34.5 Å². The Bertz CT molecular complexity index is 1300. The van der Waals surface area contributed by atoms with Crippen LogP contribution < -0.4 is 5.32 Å². The minimum absolute atomic E-state index is 0.157. The predicted molar refractivity (Wildman–Crippen MR) is 132 cm³/mol. The largest absolute Gasteiger partial charge is 0.354 e. The van der Waals surface area contributed by atoms with Crippen LogP contribution in [0.1, 0.15) is 5.56 Å². The molecule has 168 valence electrons. The molecular weight excluding hydrogens is 459 g/mol. The lowest BCUT2D eigenvalue weighted by Gasteiger charge is -2.34. The molecule has 33 heavy (non-hydrogen) atoms. The van der Waals surface area contributed by atoms with Crippen LogP contribution in [0.2, 0.25) is 10.0 Å². The van der Waals surface area contributed by atoms with Gasteiger partial charge in [-0.3, -0.25) is 10.2 Å². The Balaban J connectivity index is 1.18. The van der Waals surface area contributed by atoms with Gasteiger partial charge in [-0.05, 0) is 47.0 Å². The monoisotopic (exact) mass is 480 g/mol. The average Bonchev–Trinajstić information content (AvgIpc) is 3.24. The molecule has 0 radical (unpaired) electrons. The maximum Gasteiger partial charge on any atom is 0.323 e. The SMILES string of the molecule is O=C(Nc1noc2ccccc12)N1CCN(Cc2cccc(-c3ccc(Cl)c(Cl)c3)c2)CC1. The molecule has 0 atom stereocenters. The van der Waals surface area contributed by atoms with Crippen molar-refractivity contribution in [1.29, 1.82) is 0 Å². The van der Waals surface area contributed by atoms with Crippen molar-refractivity contribution in [3.05, 3.63) is 82.3 Å². The molecule has 1 aromatic heterocycles. The number of nitrogens with zero attached hydrogens (tertiary/aromatic N) is 3. The number of urea groups is 1. The van der Waals surface area contributed by atoms with Gasteiger partial charge in [-0.1, -0.05) is 64.8 Å². The normalized spacial score (nSPS) is 14.5. The molecule has 0 spiro atoms. The van der Waals surface area contributed by atoms with Gasteiger partial charge in [0.05, 0.1) is 15.4 Å².